The molecule has 3 nitrogen and oxygen atoms in total. The van der Waals surface area contributed by atoms with Gasteiger partial charge in [-0.05, 0) is 55.8 Å². The fourth-order valence-electron chi connectivity index (χ4n) is 3.31. The van der Waals surface area contributed by atoms with Crippen LogP contribution in [0, 0.1) is 11.8 Å². The van der Waals surface area contributed by atoms with Crippen LogP contribution in [-0.4, -0.2) is 29.4 Å². The first-order valence-corrected chi connectivity index (χ1v) is 8.17. The first-order chi connectivity index (χ1) is 9.70. The van der Waals surface area contributed by atoms with E-state index in [9.17, 15) is 9.59 Å². The molecule has 1 atom stereocenters. The van der Waals surface area contributed by atoms with E-state index < -0.39 is 0 Å². The van der Waals surface area contributed by atoms with Crippen LogP contribution in [0.3, 0.4) is 0 Å². The summed E-state index contributed by atoms with van der Waals surface area (Å²) in [5, 5.41) is 0. The summed E-state index contributed by atoms with van der Waals surface area (Å²) in [7, 11) is 2.82. The molecular weight excluding hydrogens is 269 g/mol. The predicted octanol–water partition coefficient (Wildman–Crippen LogP) is 2.96. The largest absolute Gasteiger partial charge is 0.274 e. The molecule has 0 bridgehead atoms. The second-order valence-corrected chi connectivity index (χ2v) is 6.36. The Bertz CT molecular complexity index is 500. The third kappa shape index (κ3) is 2.40. The Morgan fingerprint density at radius 3 is 1.95 bits per heavy atom. The lowest BCUT2D eigenvalue weighted by atomic mass is 9.82. The Hall–Kier alpha value is -1.21. The van der Waals surface area contributed by atoms with Crippen molar-refractivity contribution >= 4 is 21.1 Å². The zero-order chi connectivity index (χ0) is 14.1. The number of fused-ring (bicyclic) bond motifs is 1. The minimum absolute atomic E-state index is 0.112. The van der Waals surface area contributed by atoms with Crippen LogP contribution in [0.25, 0.3) is 0 Å². The summed E-state index contributed by atoms with van der Waals surface area (Å²) in [6.45, 7) is 0.593. The Balaban J connectivity index is 1.68. The summed E-state index contributed by atoms with van der Waals surface area (Å²) >= 11 is 0. The summed E-state index contributed by atoms with van der Waals surface area (Å²) < 4.78 is 0. The molecule has 1 heterocycles. The first kappa shape index (κ1) is 13.8. The Kier molecular flexibility index (Phi) is 3.89. The average Bonchev–Trinajstić information content (AvgIpc) is 2.74. The van der Waals surface area contributed by atoms with Crippen molar-refractivity contribution in [2.75, 3.05) is 12.7 Å². The van der Waals surface area contributed by atoms with Crippen molar-refractivity contribution < 1.29 is 9.59 Å². The van der Waals surface area contributed by atoms with Gasteiger partial charge in [0.1, 0.15) is 0 Å². The lowest BCUT2D eigenvalue weighted by molar-refractivity contribution is 0.0612. The summed E-state index contributed by atoms with van der Waals surface area (Å²) in [4.78, 5) is 26.1. The number of rotatable bonds is 3. The maximum atomic E-state index is 12.3. The van der Waals surface area contributed by atoms with Crippen molar-refractivity contribution in [3.8, 4) is 0 Å². The third-order valence-electron chi connectivity index (χ3n) is 4.62. The van der Waals surface area contributed by atoms with Crippen LogP contribution in [0.4, 0.5) is 0 Å². The van der Waals surface area contributed by atoms with E-state index in [2.05, 4.69) is 9.24 Å². The van der Waals surface area contributed by atoms with Gasteiger partial charge < -0.3 is 0 Å². The highest BCUT2D eigenvalue weighted by Gasteiger charge is 2.36. The maximum Gasteiger partial charge on any atom is 0.261 e. The van der Waals surface area contributed by atoms with Crippen molar-refractivity contribution in [2.45, 2.75) is 25.7 Å². The van der Waals surface area contributed by atoms with Gasteiger partial charge in [-0.2, -0.15) is 0 Å². The minimum atomic E-state index is -0.112. The molecule has 20 heavy (non-hydrogen) atoms. The topological polar surface area (TPSA) is 37.4 Å². The van der Waals surface area contributed by atoms with Crippen LogP contribution >= 0.6 is 9.24 Å². The molecule has 1 aliphatic carbocycles. The monoisotopic (exact) mass is 289 g/mol. The molecule has 106 valence electrons. The molecule has 1 saturated carbocycles. The van der Waals surface area contributed by atoms with Gasteiger partial charge in [-0.25, -0.2) is 0 Å². The van der Waals surface area contributed by atoms with Gasteiger partial charge in [0.15, 0.2) is 0 Å². The number of amides is 2. The van der Waals surface area contributed by atoms with Crippen molar-refractivity contribution in [3.05, 3.63) is 35.4 Å². The van der Waals surface area contributed by atoms with Crippen molar-refractivity contribution in [1.29, 1.82) is 0 Å². The lowest BCUT2D eigenvalue weighted by Crippen LogP contribution is -2.36. The number of hydrogen-bond donors (Lipinski definition) is 0. The molecule has 2 aliphatic rings. The van der Waals surface area contributed by atoms with Gasteiger partial charge in [-0.3, -0.25) is 14.5 Å². The van der Waals surface area contributed by atoms with E-state index in [1.807, 2.05) is 12.1 Å². The molecule has 2 amide bonds. The fraction of sp³-hybridized carbons (Fsp3) is 0.500. The molecule has 1 aliphatic heterocycles. The molecule has 4 heteroatoms. The van der Waals surface area contributed by atoms with Gasteiger partial charge >= 0.3 is 0 Å². The molecule has 0 saturated heterocycles. The van der Waals surface area contributed by atoms with Crippen molar-refractivity contribution in [2.24, 2.45) is 11.8 Å². The highest BCUT2D eigenvalue weighted by atomic mass is 31.0. The van der Waals surface area contributed by atoms with Crippen LogP contribution in [0.1, 0.15) is 46.4 Å². The molecule has 0 aromatic heterocycles. The zero-order valence-electron chi connectivity index (χ0n) is 11.5. The number of carbonyl (C=O) groups is 2. The molecule has 1 fully saturated rings. The SMILES string of the molecule is O=C1c2ccccc2C(=O)N1CC1CCC(CP)CC1. The number of nitrogens with zero attached hydrogens (tertiary/aromatic N) is 1. The zero-order valence-corrected chi connectivity index (χ0v) is 12.7. The van der Waals surface area contributed by atoms with Gasteiger partial charge in [-0.1, -0.05) is 12.1 Å². The van der Waals surface area contributed by atoms with E-state index in [0.717, 1.165) is 18.8 Å². The van der Waals surface area contributed by atoms with Gasteiger partial charge in [0.05, 0.1) is 11.1 Å². The Morgan fingerprint density at radius 2 is 1.45 bits per heavy atom. The standard InChI is InChI=1S/C16H20NO2P/c18-15-13-3-1-2-4-14(13)16(19)17(15)9-11-5-7-12(10-20)8-6-11/h1-4,11-12H,5-10,20H2. The Morgan fingerprint density at radius 1 is 0.950 bits per heavy atom. The smallest absolute Gasteiger partial charge is 0.261 e. The van der Waals surface area contributed by atoms with E-state index in [1.54, 1.807) is 12.1 Å². The summed E-state index contributed by atoms with van der Waals surface area (Å²) in [5.74, 6) is 1.06. The minimum Gasteiger partial charge on any atom is -0.274 e. The number of imide groups is 1. The second-order valence-electron chi connectivity index (χ2n) is 5.89. The highest BCUT2D eigenvalue weighted by molar-refractivity contribution is 7.16. The lowest BCUT2D eigenvalue weighted by Gasteiger charge is -2.30. The highest BCUT2D eigenvalue weighted by Crippen LogP contribution is 2.32. The van der Waals surface area contributed by atoms with E-state index >= 15 is 0 Å². The molecule has 3 rings (SSSR count). The van der Waals surface area contributed by atoms with Gasteiger partial charge in [0.25, 0.3) is 11.8 Å². The molecular formula is C16H20NO2P. The fourth-order valence-corrected chi connectivity index (χ4v) is 3.78. The van der Waals surface area contributed by atoms with E-state index in [-0.39, 0.29) is 11.8 Å². The molecule has 1 unspecified atom stereocenters. The number of carbonyl (C=O) groups excluding carboxylic acids is 2. The Labute approximate surface area is 121 Å². The number of benzene rings is 1. The van der Waals surface area contributed by atoms with Gasteiger partial charge in [-0.15, -0.1) is 9.24 Å². The van der Waals surface area contributed by atoms with Gasteiger partial charge in [0, 0.05) is 6.54 Å². The molecule has 0 radical (unpaired) electrons. The van der Waals surface area contributed by atoms with E-state index in [1.165, 1.54) is 23.9 Å². The second kappa shape index (κ2) is 5.65. The van der Waals surface area contributed by atoms with Crippen LogP contribution in [-0.2, 0) is 0 Å². The predicted molar refractivity (Wildman–Crippen MR) is 81.8 cm³/mol. The maximum absolute atomic E-state index is 12.3. The number of hydrogen-bond acceptors (Lipinski definition) is 2. The van der Waals surface area contributed by atoms with Crippen molar-refractivity contribution in [1.82, 2.24) is 4.90 Å². The molecule has 1 aromatic rings. The van der Waals surface area contributed by atoms with Crippen molar-refractivity contribution in [3.63, 3.8) is 0 Å². The molecule has 0 N–H and O–H groups in total. The quantitative estimate of drug-likeness (QED) is 0.633. The summed E-state index contributed by atoms with van der Waals surface area (Å²) in [5.41, 5.74) is 1.13. The normalized spacial score (nSPS) is 25.9. The molecule has 0 spiro atoms. The van der Waals surface area contributed by atoms with Crippen LogP contribution in [0.2, 0.25) is 0 Å². The third-order valence-corrected chi connectivity index (χ3v) is 5.29. The van der Waals surface area contributed by atoms with E-state index in [4.69, 9.17) is 0 Å². The van der Waals surface area contributed by atoms with Crippen LogP contribution in [0.15, 0.2) is 24.3 Å². The summed E-state index contributed by atoms with van der Waals surface area (Å²) in [6, 6.07) is 7.14. The van der Waals surface area contributed by atoms with Crippen LogP contribution in [0.5, 0.6) is 0 Å². The first-order valence-electron chi connectivity index (χ1n) is 7.36. The average molecular weight is 289 g/mol. The summed E-state index contributed by atoms with van der Waals surface area (Å²) in [6.07, 6.45) is 5.87. The molecule has 1 aromatic carbocycles. The van der Waals surface area contributed by atoms with Crippen LogP contribution < -0.4 is 0 Å². The van der Waals surface area contributed by atoms with E-state index in [0.29, 0.717) is 23.6 Å². The van der Waals surface area contributed by atoms with Gasteiger partial charge in [0.2, 0.25) is 0 Å².